The van der Waals surface area contributed by atoms with Crippen LogP contribution in [0.15, 0.2) is 29.3 Å². The minimum absolute atomic E-state index is 0. The van der Waals surface area contributed by atoms with Crippen LogP contribution in [0.2, 0.25) is 0 Å². The first kappa shape index (κ1) is 19.4. The molecule has 2 N–H and O–H groups in total. The molecule has 24 heavy (non-hydrogen) atoms. The lowest BCUT2D eigenvalue weighted by atomic mass is 9.51. The van der Waals surface area contributed by atoms with Crippen LogP contribution in [0.25, 0.3) is 0 Å². The van der Waals surface area contributed by atoms with E-state index in [1.807, 2.05) is 0 Å². The number of nitrogens with zero attached hydrogens (tertiary/aromatic N) is 1. The maximum absolute atomic E-state index is 12.9. The molecule has 2 fully saturated rings. The van der Waals surface area contributed by atoms with Gasteiger partial charge in [0.25, 0.3) is 0 Å². The zero-order chi connectivity index (χ0) is 16.3. The van der Waals surface area contributed by atoms with Gasteiger partial charge in [0.15, 0.2) is 5.96 Å². The van der Waals surface area contributed by atoms with E-state index in [0.717, 1.165) is 24.6 Å². The van der Waals surface area contributed by atoms with Crippen LogP contribution in [0.5, 0.6) is 0 Å². The van der Waals surface area contributed by atoms with Crippen molar-refractivity contribution in [1.29, 1.82) is 0 Å². The second kappa shape index (κ2) is 8.47. The van der Waals surface area contributed by atoms with E-state index in [1.54, 1.807) is 19.2 Å². The van der Waals surface area contributed by atoms with E-state index in [9.17, 15) is 4.39 Å². The first-order valence-corrected chi connectivity index (χ1v) is 8.51. The molecule has 1 aromatic carbocycles. The lowest BCUT2D eigenvalue weighted by Gasteiger charge is -2.61. The quantitative estimate of drug-likeness (QED) is 0.413. The van der Waals surface area contributed by atoms with Gasteiger partial charge in [0, 0.05) is 31.7 Å². The number of hydrogen-bond donors (Lipinski definition) is 2. The minimum Gasteiger partial charge on any atom is -0.378 e. The van der Waals surface area contributed by atoms with Crippen molar-refractivity contribution in [3.05, 3.63) is 35.6 Å². The van der Waals surface area contributed by atoms with Crippen molar-refractivity contribution >= 4 is 29.9 Å². The molecule has 4 nitrogen and oxygen atoms in total. The fraction of sp³-hybridized carbons (Fsp3) is 0.611. The molecule has 6 heteroatoms. The topological polar surface area (TPSA) is 45.6 Å². The van der Waals surface area contributed by atoms with E-state index >= 15 is 0 Å². The Morgan fingerprint density at radius 2 is 2.04 bits per heavy atom. The second-order valence-corrected chi connectivity index (χ2v) is 6.52. The van der Waals surface area contributed by atoms with Gasteiger partial charge >= 0.3 is 0 Å². The van der Waals surface area contributed by atoms with Crippen molar-refractivity contribution in [2.45, 2.75) is 51.3 Å². The number of aliphatic imine (C=N–C) groups is 1. The van der Waals surface area contributed by atoms with E-state index < -0.39 is 0 Å². The van der Waals surface area contributed by atoms with Crippen LogP contribution in [-0.4, -0.2) is 31.8 Å². The average molecular weight is 447 g/mol. The Labute approximate surface area is 160 Å². The van der Waals surface area contributed by atoms with Gasteiger partial charge in [0.1, 0.15) is 5.82 Å². The highest BCUT2D eigenvalue weighted by molar-refractivity contribution is 14.0. The number of hydrogen-bond acceptors (Lipinski definition) is 2. The molecule has 2 aliphatic carbocycles. The van der Waals surface area contributed by atoms with E-state index in [-0.39, 0.29) is 29.8 Å². The lowest BCUT2D eigenvalue weighted by Crippen LogP contribution is -2.68. The van der Waals surface area contributed by atoms with Crippen molar-refractivity contribution in [1.82, 2.24) is 10.6 Å². The molecular formula is C18H27FIN3O. The van der Waals surface area contributed by atoms with Gasteiger partial charge in [0.2, 0.25) is 0 Å². The van der Waals surface area contributed by atoms with Crippen LogP contribution < -0.4 is 10.6 Å². The summed E-state index contributed by atoms with van der Waals surface area (Å²) in [6.07, 6.45) is 5.22. The Balaban J connectivity index is 0.00000208. The summed E-state index contributed by atoms with van der Waals surface area (Å²) >= 11 is 0. The molecule has 0 aromatic heterocycles. The molecule has 134 valence electrons. The molecule has 1 spiro atoms. The van der Waals surface area contributed by atoms with Crippen molar-refractivity contribution in [2.24, 2.45) is 10.4 Å². The van der Waals surface area contributed by atoms with E-state index in [1.165, 1.54) is 31.4 Å². The SMILES string of the molecule is CCOC1CC(NC(=NC)NCc2ccc(F)cc2)C12CCC2.I. The monoisotopic (exact) mass is 447 g/mol. The van der Waals surface area contributed by atoms with Gasteiger partial charge in [-0.05, 0) is 43.9 Å². The zero-order valence-electron chi connectivity index (χ0n) is 14.3. The summed E-state index contributed by atoms with van der Waals surface area (Å²) < 4.78 is 18.8. The normalized spacial score (nSPS) is 24.5. The van der Waals surface area contributed by atoms with Crippen molar-refractivity contribution < 1.29 is 9.13 Å². The Morgan fingerprint density at radius 3 is 2.58 bits per heavy atom. The highest BCUT2D eigenvalue weighted by Gasteiger charge is 2.59. The number of rotatable bonds is 5. The number of guanidine groups is 1. The Kier molecular flexibility index (Phi) is 6.86. The Bertz CT molecular complexity index is 560. The maximum Gasteiger partial charge on any atom is 0.191 e. The lowest BCUT2D eigenvalue weighted by molar-refractivity contribution is -0.168. The largest absolute Gasteiger partial charge is 0.378 e. The van der Waals surface area contributed by atoms with Crippen LogP contribution in [0.4, 0.5) is 4.39 Å². The summed E-state index contributed by atoms with van der Waals surface area (Å²) in [5.41, 5.74) is 1.34. The third-order valence-electron chi connectivity index (χ3n) is 5.35. The molecule has 2 saturated carbocycles. The number of ether oxygens (including phenoxy) is 1. The fourth-order valence-corrected chi connectivity index (χ4v) is 3.79. The zero-order valence-corrected chi connectivity index (χ0v) is 16.7. The molecule has 2 aliphatic rings. The molecule has 0 radical (unpaired) electrons. The third kappa shape index (κ3) is 3.85. The van der Waals surface area contributed by atoms with E-state index in [0.29, 0.717) is 24.1 Å². The molecule has 2 unspecified atom stereocenters. The molecule has 0 aliphatic heterocycles. The van der Waals surface area contributed by atoms with Crippen molar-refractivity contribution in [3.63, 3.8) is 0 Å². The minimum atomic E-state index is -0.209. The number of nitrogens with one attached hydrogen (secondary N) is 2. The number of halogens is 2. The molecule has 0 saturated heterocycles. The molecule has 2 atom stereocenters. The highest BCUT2D eigenvalue weighted by atomic mass is 127. The molecule has 1 aromatic rings. The van der Waals surface area contributed by atoms with Gasteiger partial charge in [-0.3, -0.25) is 4.99 Å². The molecule has 0 bridgehead atoms. The molecule has 0 amide bonds. The van der Waals surface area contributed by atoms with Gasteiger partial charge in [-0.15, -0.1) is 24.0 Å². The van der Waals surface area contributed by atoms with Gasteiger partial charge in [-0.25, -0.2) is 4.39 Å². The van der Waals surface area contributed by atoms with E-state index in [4.69, 9.17) is 4.74 Å². The van der Waals surface area contributed by atoms with Crippen molar-refractivity contribution in [3.8, 4) is 0 Å². The van der Waals surface area contributed by atoms with Gasteiger partial charge < -0.3 is 15.4 Å². The fourth-order valence-electron chi connectivity index (χ4n) is 3.79. The summed E-state index contributed by atoms with van der Waals surface area (Å²) in [5, 5.41) is 6.86. The summed E-state index contributed by atoms with van der Waals surface area (Å²) in [5.74, 6) is 0.597. The van der Waals surface area contributed by atoms with E-state index in [2.05, 4.69) is 22.5 Å². The summed E-state index contributed by atoms with van der Waals surface area (Å²) in [4.78, 5) is 4.32. The van der Waals surface area contributed by atoms with Crippen LogP contribution >= 0.6 is 24.0 Å². The Morgan fingerprint density at radius 1 is 1.33 bits per heavy atom. The first-order valence-electron chi connectivity index (χ1n) is 8.51. The highest BCUT2D eigenvalue weighted by Crippen LogP contribution is 2.57. The summed E-state index contributed by atoms with van der Waals surface area (Å²) in [6.45, 7) is 3.49. The summed E-state index contributed by atoms with van der Waals surface area (Å²) in [7, 11) is 1.78. The number of benzene rings is 1. The predicted molar refractivity (Wildman–Crippen MR) is 105 cm³/mol. The molecule has 3 rings (SSSR count). The van der Waals surface area contributed by atoms with Crippen molar-refractivity contribution in [2.75, 3.05) is 13.7 Å². The standard InChI is InChI=1S/C18H26FN3O.HI/c1-3-23-16-11-15(18(16)9-4-10-18)22-17(20-2)21-12-13-5-7-14(19)8-6-13;/h5-8,15-16H,3-4,9-12H2,1-2H3,(H2,20,21,22);1H. The third-order valence-corrected chi connectivity index (χ3v) is 5.35. The summed E-state index contributed by atoms with van der Waals surface area (Å²) in [6, 6.07) is 6.98. The van der Waals surface area contributed by atoms with Crippen LogP contribution in [0.3, 0.4) is 0 Å². The van der Waals surface area contributed by atoms with Crippen LogP contribution in [0, 0.1) is 11.2 Å². The van der Waals surface area contributed by atoms with Gasteiger partial charge in [0.05, 0.1) is 6.10 Å². The molecule has 0 heterocycles. The smallest absolute Gasteiger partial charge is 0.191 e. The Hall–Kier alpha value is -0.890. The maximum atomic E-state index is 12.9. The average Bonchev–Trinajstić information content (AvgIpc) is 2.49. The van der Waals surface area contributed by atoms with Crippen LogP contribution in [-0.2, 0) is 11.3 Å². The van der Waals surface area contributed by atoms with Gasteiger partial charge in [-0.2, -0.15) is 0 Å². The second-order valence-electron chi connectivity index (χ2n) is 6.52. The van der Waals surface area contributed by atoms with Crippen LogP contribution in [0.1, 0.15) is 38.2 Å². The first-order chi connectivity index (χ1) is 11.2. The predicted octanol–water partition coefficient (Wildman–Crippen LogP) is 3.46. The molecular weight excluding hydrogens is 420 g/mol. The van der Waals surface area contributed by atoms with Gasteiger partial charge in [-0.1, -0.05) is 18.6 Å².